The van der Waals surface area contributed by atoms with E-state index in [0.29, 0.717) is 34.6 Å². The zero-order chi connectivity index (χ0) is 21.9. The van der Waals surface area contributed by atoms with Gasteiger partial charge in [0.25, 0.3) is 0 Å². The Bertz CT molecular complexity index is 696. The summed E-state index contributed by atoms with van der Waals surface area (Å²) < 4.78 is 1.14. The maximum absolute atomic E-state index is 12.3. The summed E-state index contributed by atoms with van der Waals surface area (Å²) in [5.74, 6) is -0.597. The molecule has 1 aromatic heterocycles. The summed E-state index contributed by atoms with van der Waals surface area (Å²) in [5, 5.41) is 24.7. The predicted octanol–water partition coefficient (Wildman–Crippen LogP) is 1.89. The lowest BCUT2D eigenvalue weighted by Gasteiger charge is -2.27. The van der Waals surface area contributed by atoms with E-state index in [9.17, 15) is 24.6 Å². The highest BCUT2D eigenvalue weighted by Gasteiger charge is 2.26. The van der Waals surface area contributed by atoms with Gasteiger partial charge < -0.3 is 25.7 Å². The van der Waals surface area contributed by atoms with Crippen molar-refractivity contribution in [3.8, 4) is 11.8 Å². The number of halogens is 1. The molecular formula is C20H30IN3O6. The van der Waals surface area contributed by atoms with Crippen LogP contribution in [0.25, 0.3) is 0 Å². The van der Waals surface area contributed by atoms with E-state index in [2.05, 4.69) is 10.6 Å². The molecule has 168 valence electrons. The molecule has 0 bridgehead atoms. The molecule has 10 heteroatoms. The molecule has 1 saturated carbocycles. The summed E-state index contributed by atoms with van der Waals surface area (Å²) in [4.78, 5) is 40.2. The van der Waals surface area contributed by atoms with Gasteiger partial charge in [-0.15, -0.1) is 4.73 Å². The van der Waals surface area contributed by atoms with Gasteiger partial charge in [0.15, 0.2) is 0 Å². The van der Waals surface area contributed by atoms with Crippen LogP contribution >= 0.6 is 22.6 Å². The number of nitrogens with one attached hydrogen (secondary N) is 2. The fraction of sp³-hybridized carbons (Fsp3) is 0.650. The monoisotopic (exact) mass is 535 g/mol. The van der Waals surface area contributed by atoms with Crippen LogP contribution in [0.4, 0.5) is 0 Å². The molecule has 9 nitrogen and oxygen atoms in total. The zero-order valence-electron chi connectivity index (χ0n) is 16.9. The van der Waals surface area contributed by atoms with Crippen molar-refractivity contribution in [2.24, 2.45) is 11.8 Å². The molecule has 2 rings (SSSR count). The molecule has 0 radical (unpaired) electrons. The number of rotatable bonds is 11. The van der Waals surface area contributed by atoms with Crippen molar-refractivity contribution in [1.29, 1.82) is 0 Å². The van der Waals surface area contributed by atoms with Crippen LogP contribution in [-0.4, -0.2) is 50.2 Å². The maximum atomic E-state index is 12.3. The SMILES string of the molecule is O=C(CI)NCC1CCC(C(=O)NCCCCCC(=O)On2c(O)ccc2O)CC1. The third-order valence-electron chi connectivity index (χ3n) is 5.27. The summed E-state index contributed by atoms with van der Waals surface area (Å²) in [7, 11) is 0. The highest BCUT2D eigenvalue weighted by atomic mass is 127. The van der Waals surface area contributed by atoms with Crippen LogP contribution in [0.15, 0.2) is 12.1 Å². The number of amides is 2. The van der Waals surface area contributed by atoms with Crippen molar-refractivity contribution in [2.75, 3.05) is 17.5 Å². The second-order valence-corrected chi connectivity index (χ2v) is 8.33. The Kier molecular flexibility index (Phi) is 10.2. The normalized spacial score (nSPS) is 18.6. The summed E-state index contributed by atoms with van der Waals surface area (Å²) in [5.41, 5.74) is 0. The average molecular weight is 535 g/mol. The maximum Gasteiger partial charge on any atom is 0.333 e. The first-order valence-electron chi connectivity index (χ1n) is 10.3. The molecule has 0 aromatic carbocycles. The summed E-state index contributed by atoms with van der Waals surface area (Å²) in [6.45, 7) is 1.26. The Balaban J connectivity index is 1.51. The largest absolute Gasteiger partial charge is 0.492 e. The van der Waals surface area contributed by atoms with Gasteiger partial charge in [0, 0.05) is 37.6 Å². The second-order valence-electron chi connectivity index (χ2n) is 7.56. The summed E-state index contributed by atoms with van der Waals surface area (Å²) >= 11 is 2.04. The molecular weight excluding hydrogens is 505 g/mol. The van der Waals surface area contributed by atoms with Gasteiger partial charge >= 0.3 is 5.97 Å². The number of carbonyl (C=O) groups is 3. The lowest BCUT2D eigenvalue weighted by atomic mass is 9.81. The lowest BCUT2D eigenvalue weighted by Crippen LogP contribution is -2.36. The first kappa shape index (κ1) is 24.3. The first-order valence-corrected chi connectivity index (χ1v) is 11.8. The molecule has 0 atom stereocenters. The minimum absolute atomic E-state index is 0.0402. The number of unbranched alkanes of at least 4 members (excludes halogenated alkanes) is 2. The molecule has 0 spiro atoms. The number of hydrogen-bond acceptors (Lipinski definition) is 6. The fourth-order valence-corrected chi connectivity index (χ4v) is 3.77. The van der Waals surface area contributed by atoms with E-state index in [1.807, 2.05) is 22.6 Å². The molecule has 1 heterocycles. The van der Waals surface area contributed by atoms with Gasteiger partial charge in [0.1, 0.15) is 0 Å². The van der Waals surface area contributed by atoms with Gasteiger partial charge in [0.2, 0.25) is 23.6 Å². The third-order valence-corrected chi connectivity index (χ3v) is 5.97. The van der Waals surface area contributed by atoms with Crippen molar-refractivity contribution >= 4 is 40.4 Å². The molecule has 1 aliphatic rings. The number of hydrogen-bond donors (Lipinski definition) is 4. The van der Waals surface area contributed by atoms with Crippen LogP contribution in [-0.2, 0) is 14.4 Å². The molecule has 0 unspecified atom stereocenters. The summed E-state index contributed by atoms with van der Waals surface area (Å²) in [6.07, 6.45) is 5.86. The van der Waals surface area contributed by atoms with Crippen LogP contribution in [0.3, 0.4) is 0 Å². The first-order chi connectivity index (χ1) is 14.4. The van der Waals surface area contributed by atoms with E-state index in [1.54, 1.807) is 0 Å². The molecule has 0 aliphatic heterocycles. The van der Waals surface area contributed by atoms with E-state index in [1.165, 1.54) is 12.1 Å². The van der Waals surface area contributed by atoms with Crippen LogP contribution in [0.2, 0.25) is 0 Å². The minimum atomic E-state index is -0.549. The molecule has 30 heavy (non-hydrogen) atoms. The van der Waals surface area contributed by atoms with E-state index in [0.717, 1.165) is 38.5 Å². The second kappa shape index (κ2) is 12.7. The van der Waals surface area contributed by atoms with Gasteiger partial charge in [-0.1, -0.05) is 29.0 Å². The topological polar surface area (TPSA) is 130 Å². The van der Waals surface area contributed by atoms with Crippen LogP contribution < -0.4 is 15.5 Å². The summed E-state index contributed by atoms with van der Waals surface area (Å²) in [6, 6.07) is 2.45. The van der Waals surface area contributed by atoms with Gasteiger partial charge in [-0.3, -0.25) is 9.59 Å². The van der Waals surface area contributed by atoms with Gasteiger partial charge in [-0.2, -0.15) is 0 Å². The standard InChI is InChI=1S/C20H30IN3O6/c21-12-16(25)23-13-14-5-7-15(8-6-14)20(29)22-11-3-1-2-4-19(28)30-24-17(26)9-10-18(24)27/h9-10,14-15,26-27H,1-8,11-13H2,(H,22,29)(H,23,25). The smallest absolute Gasteiger partial charge is 0.333 e. The number of aromatic hydroxyl groups is 2. The molecule has 1 fully saturated rings. The Labute approximate surface area is 189 Å². The number of aromatic nitrogens is 1. The molecule has 1 aliphatic carbocycles. The average Bonchev–Trinajstić information content (AvgIpc) is 3.06. The van der Waals surface area contributed by atoms with Crippen LogP contribution in [0, 0.1) is 11.8 Å². The Morgan fingerprint density at radius 1 is 1.03 bits per heavy atom. The zero-order valence-corrected chi connectivity index (χ0v) is 19.1. The number of nitrogens with zero attached hydrogens (tertiary/aromatic N) is 1. The van der Waals surface area contributed by atoms with Gasteiger partial charge in [-0.05, 0) is 44.4 Å². The van der Waals surface area contributed by atoms with Crippen LogP contribution in [0.1, 0.15) is 51.4 Å². The van der Waals surface area contributed by atoms with Crippen molar-refractivity contribution in [1.82, 2.24) is 15.4 Å². The minimum Gasteiger partial charge on any atom is -0.492 e. The van der Waals surface area contributed by atoms with E-state index in [-0.39, 0.29) is 35.9 Å². The Hall–Kier alpha value is -1.98. The lowest BCUT2D eigenvalue weighted by molar-refractivity contribution is -0.145. The van der Waals surface area contributed by atoms with Crippen molar-refractivity contribution in [3.63, 3.8) is 0 Å². The number of carbonyl (C=O) groups excluding carboxylic acids is 3. The van der Waals surface area contributed by atoms with Crippen molar-refractivity contribution < 1.29 is 29.4 Å². The van der Waals surface area contributed by atoms with Crippen molar-refractivity contribution in [3.05, 3.63) is 12.1 Å². The van der Waals surface area contributed by atoms with E-state index in [4.69, 9.17) is 4.84 Å². The van der Waals surface area contributed by atoms with Gasteiger partial charge in [0.05, 0.1) is 4.43 Å². The number of alkyl halides is 1. The molecule has 1 aromatic rings. The Morgan fingerprint density at radius 3 is 2.33 bits per heavy atom. The van der Waals surface area contributed by atoms with Gasteiger partial charge in [-0.25, -0.2) is 4.79 Å². The highest BCUT2D eigenvalue weighted by molar-refractivity contribution is 14.1. The predicted molar refractivity (Wildman–Crippen MR) is 118 cm³/mol. The fourth-order valence-electron chi connectivity index (χ4n) is 3.50. The van der Waals surface area contributed by atoms with Crippen molar-refractivity contribution in [2.45, 2.75) is 51.4 Å². The third kappa shape index (κ3) is 8.04. The molecule has 4 N–H and O–H groups in total. The highest BCUT2D eigenvalue weighted by Crippen LogP contribution is 2.28. The Morgan fingerprint density at radius 2 is 1.70 bits per heavy atom. The quantitative estimate of drug-likeness (QED) is 0.195. The molecule has 0 saturated heterocycles. The van der Waals surface area contributed by atoms with E-state index >= 15 is 0 Å². The van der Waals surface area contributed by atoms with Crippen LogP contribution in [0.5, 0.6) is 11.8 Å². The van der Waals surface area contributed by atoms with E-state index < -0.39 is 5.97 Å². The molecule has 2 amide bonds.